The molecule has 0 radical (unpaired) electrons. The van der Waals surface area contributed by atoms with Gasteiger partial charge in [-0.25, -0.2) is 8.42 Å². The number of carboxylic acid groups (broad SMARTS) is 1. The summed E-state index contributed by atoms with van der Waals surface area (Å²) < 4.78 is 36.8. The minimum absolute atomic E-state index is 0.107. The predicted octanol–water partition coefficient (Wildman–Crippen LogP) is 7.22. The Hall–Kier alpha value is -3.75. The highest BCUT2D eigenvalue weighted by Gasteiger charge is 2.44. The van der Waals surface area contributed by atoms with E-state index in [0.29, 0.717) is 6.42 Å². The van der Waals surface area contributed by atoms with Crippen LogP contribution >= 0.6 is 0 Å². The maximum atomic E-state index is 11.5. The molecule has 8 heteroatoms. The number of rotatable bonds is 13. The van der Waals surface area contributed by atoms with E-state index < -0.39 is 21.8 Å². The molecular formula is C37H46N2O5S. The highest BCUT2D eigenvalue weighted by Crippen LogP contribution is 2.48. The van der Waals surface area contributed by atoms with Crippen LogP contribution in [0.25, 0.3) is 0 Å². The minimum Gasteiger partial charge on any atom is -0.748 e. The van der Waals surface area contributed by atoms with Gasteiger partial charge in [0.2, 0.25) is 5.69 Å². The molecule has 0 amide bonds. The lowest BCUT2D eigenvalue weighted by Crippen LogP contribution is -2.30. The van der Waals surface area contributed by atoms with Crippen molar-refractivity contribution in [1.82, 2.24) is 0 Å². The van der Waals surface area contributed by atoms with Gasteiger partial charge in [0.15, 0.2) is 5.71 Å². The third kappa shape index (κ3) is 7.92. The number of benzene rings is 2. The van der Waals surface area contributed by atoms with Crippen molar-refractivity contribution >= 4 is 33.2 Å². The number of carbonyl (C=O) groups is 1. The second-order valence-corrected chi connectivity index (χ2v) is 14.7. The highest BCUT2D eigenvalue weighted by molar-refractivity contribution is 7.85. The van der Waals surface area contributed by atoms with E-state index in [1.807, 2.05) is 60.4 Å². The second-order valence-electron chi connectivity index (χ2n) is 13.1. The largest absolute Gasteiger partial charge is 0.748 e. The van der Waals surface area contributed by atoms with Gasteiger partial charge in [0.25, 0.3) is 0 Å². The van der Waals surface area contributed by atoms with Gasteiger partial charge in [-0.15, -0.1) is 0 Å². The van der Waals surface area contributed by atoms with E-state index >= 15 is 0 Å². The Labute approximate surface area is 268 Å². The van der Waals surface area contributed by atoms with E-state index in [-0.39, 0.29) is 23.8 Å². The Morgan fingerprint density at radius 1 is 0.889 bits per heavy atom. The van der Waals surface area contributed by atoms with Crippen molar-refractivity contribution in [3.63, 3.8) is 0 Å². The fraction of sp³-hybridized carbons (Fsp3) is 0.405. The van der Waals surface area contributed by atoms with Crippen molar-refractivity contribution in [2.75, 3.05) is 23.7 Å². The van der Waals surface area contributed by atoms with Gasteiger partial charge < -0.3 is 14.6 Å². The Morgan fingerprint density at radius 3 is 2.22 bits per heavy atom. The van der Waals surface area contributed by atoms with E-state index in [2.05, 4.69) is 69.5 Å². The molecule has 0 aromatic heterocycles. The molecule has 4 rings (SSSR count). The van der Waals surface area contributed by atoms with E-state index in [0.717, 1.165) is 41.9 Å². The first-order valence-corrected chi connectivity index (χ1v) is 17.2. The minimum atomic E-state index is -4.35. The van der Waals surface area contributed by atoms with Crippen molar-refractivity contribution in [2.45, 2.75) is 78.1 Å². The summed E-state index contributed by atoms with van der Waals surface area (Å²) in [5.41, 5.74) is 8.55. The Balaban J connectivity index is 1.53. The summed E-state index contributed by atoms with van der Waals surface area (Å²) in [5, 5.41) is 8.98. The molecule has 0 saturated heterocycles. The Morgan fingerprint density at radius 2 is 1.53 bits per heavy atom. The molecule has 2 heterocycles. The van der Waals surface area contributed by atoms with E-state index in [4.69, 9.17) is 5.11 Å². The Kier molecular flexibility index (Phi) is 10.4. The molecule has 0 bridgehead atoms. The standard InChI is InChI=1S/C37H46N2O5S/c1-27-18-20-31-29(25-27)36(3,4)33(38(31)22-14-10-13-17-35(40)41)15-11-8-7-9-12-16-34-37(5,6)30-26-28(2)19-21-32(30)39(34)23-24-45(42,43)44/h7-9,11-12,15-16,18-21,25-26H,10,13-14,17,22-24H2,1-6H3,(H-,40,41,42,43,44). The number of carboxylic acids is 1. The molecular weight excluding hydrogens is 584 g/mol. The van der Waals surface area contributed by atoms with Gasteiger partial charge in [-0.05, 0) is 64.3 Å². The lowest BCUT2D eigenvalue weighted by molar-refractivity contribution is -0.438. The van der Waals surface area contributed by atoms with E-state index in [1.165, 1.54) is 22.5 Å². The van der Waals surface area contributed by atoms with E-state index in [9.17, 15) is 17.8 Å². The van der Waals surface area contributed by atoms with Crippen molar-refractivity contribution < 1.29 is 27.4 Å². The summed E-state index contributed by atoms with van der Waals surface area (Å²) in [6, 6.07) is 12.7. The normalized spacial score (nSPS) is 18.2. The summed E-state index contributed by atoms with van der Waals surface area (Å²) in [6.07, 6.45) is 16.8. The number of unbranched alkanes of at least 4 members (excludes halogenated alkanes) is 2. The van der Waals surface area contributed by atoms with Crippen LogP contribution in [0.15, 0.2) is 84.6 Å². The molecule has 0 atom stereocenters. The zero-order valence-electron chi connectivity index (χ0n) is 27.3. The average Bonchev–Trinajstić information content (AvgIpc) is 3.28. The SMILES string of the molecule is Cc1ccc2c(c1)C(C)(C)C(/C=C/C=C/C=C/C=C1/N(CCS(=O)(=O)[O-])c3ccc(C)cc3C1(C)C)=[N+]2CCCCCC(=O)O. The van der Waals surface area contributed by atoms with Crippen molar-refractivity contribution in [3.05, 3.63) is 107 Å². The van der Waals surface area contributed by atoms with Crippen LogP contribution in [0, 0.1) is 13.8 Å². The first-order valence-electron chi connectivity index (χ1n) is 15.7. The lowest BCUT2D eigenvalue weighted by Gasteiger charge is -2.27. The van der Waals surface area contributed by atoms with E-state index in [1.54, 1.807) is 0 Å². The summed E-state index contributed by atoms with van der Waals surface area (Å²) in [6.45, 7) is 13.8. The van der Waals surface area contributed by atoms with Crippen LogP contribution in [0.2, 0.25) is 0 Å². The van der Waals surface area contributed by atoms with Crippen molar-refractivity contribution in [3.8, 4) is 0 Å². The molecule has 2 aromatic carbocycles. The number of anilines is 1. The summed E-state index contributed by atoms with van der Waals surface area (Å²) in [5.74, 6) is -1.20. The number of aryl methyl sites for hydroxylation is 2. The molecule has 2 aliphatic rings. The predicted molar refractivity (Wildman–Crippen MR) is 182 cm³/mol. The van der Waals surface area contributed by atoms with Crippen LogP contribution in [0.4, 0.5) is 11.4 Å². The van der Waals surface area contributed by atoms with Crippen LogP contribution in [0.3, 0.4) is 0 Å². The number of nitrogens with zero attached hydrogens (tertiary/aromatic N) is 2. The molecule has 0 saturated carbocycles. The summed E-state index contributed by atoms with van der Waals surface area (Å²) >= 11 is 0. The van der Waals surface area contributed by atoms with Crippen molar-refractivity contribution in [1.29, 1.82) is 0 Å². The molecule has 0 aliphatic carbocycles. The first kappa shape index (κ1) is 34.1. The fourth-order valence-corrected chi connectivity index (χ4v) is 6.88. The molecule has 45 heavy (non-hydrogen) atoms. The molecule has 0 fully saturated rings. The number of fused-ring (bicyclic) bond motifs is 2. The zero-order chi connectivity index (χ0) is 33.0. The summed E-state index contributed by atoms with van der Waals surface area (Å²) in [7, 11) is -4.35. The Bertz CT molecular complexity index is 1710. The topological polar surface area (TPSA) is 101 Å². The molecule has 0 unspecified atom stereocenters. The quantitative estimate of drug-likeness (QED) is 0.109. The molecule has 1 N–H and O–H groups in total. The van der Waals surface area contributed by atoms with Gasteiger partial charge in [0.05, 0.1) is 21.3 Å². The fourth-order valence-electron chi connectivity index (χ4n) is 6.47. The van der Waals surface area contributed by atoms with Crippen LogP contribution in [0.1, 0.15) is 75.6 Å². The third-order valence-corrected chi connectivity index (χ3v) is 9.57. The molecule has 2 aliphatic heterocycles. The van der Waals surface area contributed by atoms with Gasteiger partial charge in [0, 0.05) is 53.9 Å². The number of allylic oxidation sites excluding steroid dienone is 8. The number of aliphatic carboxylic acids is 1. The van der Waals surface area contributed by atoms with Crippen LogP contribution in [-0.4, -0.2) is 53.2 Å². The van der Waals surface area contributed by atoms with Crippen LogP contribution in [-0.2, 0) is 25.7 Å². The molecule has 240 valence electrons. The number of hydrogen-bond donors (Lipinski definition) is 1. The van der Waals surface area contributed by atoms with Crippen LogP contribution in [0.5, 0.6) is 0 Å². The number of hydrogen-bond acceptors (Lipinski definition) is 5. The maximum absolute atomic E-state index is 11.5. The van der Waals surface area contributed by atoms with Gasteiger partial charge in [-0.2, -0.15) is 4.58 Å². The second kappa shape index (κ2) is 13.7. The summed E-state index contributed by atoms with van der Waals surface area (Å²) in [4.78, 5) is 12.9. The van der Waals surface area contributed by atoms with Gasteiger partial charge in [0.1, 0.15) is 6.54 Å². The highest BCUT2D eigenvalue weighted by atomic mass is 32.2. The lowest BCUT2D eigenvalue weighted by atomic mass is 9.81. The maximum Gasteiger partial charge on any atom is 0.303 e. The molecule has 7 nitrogen and oxygen atoms in total. The van der Waals surface area contributed by atoms with Crippen molar-refractivity contribution in [2.24, 2.45) is 0 Å². The van der Waals surface area contributed by atoms with Gasteiger partial charge in [-0.3, -0.25) is 4.79 Å². The monoisotopic (exact) mass is 630 g/mol. The molecule has 2 aromatic rings. The average molecular weight is 631 g/mol. The zero-order valence-corrected chi connectivity index (χ0v) is 28.2. The first-order chi connectivity index (χ1) is 21.1. The van der Waals surface area contributed by atoms with Gasteiger partial charge >= 0.3 is 5.97 Å². The molecule has 0 spiro atoms. The van der Waals surface area contributed by atoms with Crippen LogP contribution < -0.4 is 4.90 Å². The smallest absolute Gasteiger partial charge is 0.303 e. The van der Waals surface area contributed by atoms with Gasteiger partial charge in [-0.1, -0.05) is 73.6 Å². The third-order valence-electron chi connectivity index (χ3n) is 8.88.